The molecule has 0 bridgehead atoms. The van der Waals surface area contributed by atoms with Crippen molar-refractivity contribution in [2.45, 2.75) is 0 Å². The quantitative estimate of drug-likeness (QED) is 0.789. The zero-order chi connectivity index (χ0) is 11.8. The van der Waals surface area contributed by atoms with Crippen LogP contribution in [0.4, 0.5) is 11.5 Å². The Morgan fingerprint density at radius 2 is 2.29 bits per heavy atom. The van der Waals surface area contributed by atoms with Crippen LogP contribution in [-0.2, 0) is 4.79 Å². The van der Waals surface area contributed by atoms with Crippen molar-refractivity contribution in [2.75, 3.05) is 17.7 Å². The van der Waals surface area contributed by atoms with Crippen LogP contribution in [0.2, 0.25) is 0 Å². The first-order valence-corrected chi connectivity index (χ1v) is 5.62. The summed E-state index contributed by atoms with van der Waals surface area (Å²) in [6.07, 6.45) is 0. The molecule has 2 aromatic rings. The van der Waals surface area contributed by atoms with Gasteiger partial charge in [0.15, 0.2) is 12.4 Å². The number of nitrogens with one attached hydrogen (secondary N) is 1. The van der Waals surface area contributed by atoms with Gasteiger partial charge < -0.3 is 15.8 Å². The first kappa shape index (κ1) is 10.0. The van der Waals surface area contributed by atoms with E-state index in [9.17, 15) is 4.79 Å². The van der Waals surface area contributed by atoms with Crippen LogP contribution in [0.1, 0.15) is 0 Å². The molecule has 0 spiro atoms. The number of nitrogen functional groups attached to an aromatic ring is 1. The van der Waals surface area contributed by atoms with Gasteiger partial charge in [-0.3, -0.25) is 4.79 Å². The number of hydrogen-bond acceptors (Lipinski definition) is 6. The molecule has 1 aromatic carbocycles. The lowest BCUT2D eigenvalue weighted by Gasteiger charge is -2.18. The summed E-state index contributed by atoms with van der Waals surface area (Å²) >= 11 is 1.06. The van der Waals surface area contributed by atoms with Gasteiger partial charge in [0.2, 0.25) is 0 Å². The fourth-order valence-electron chi connectivity index (χ4n) is 1.63. The minimum absolute atomic E-state index is 0.0484. The molecule has 1 amide bonds. The van der Waals surface area contributed by atoms with Gasteiger partial charge in [0, 0.05) is 5.56 Å². The van der Waals surface area contributed by atoms with Crippen molar-refractivity contribution in [3.63, 3.8) is 0 Å². The van der Waals surface area contributed by atoms with E-state index in [-0.39, 0.29) is 12.5 Å². The molecule has 0 saturated carbocycles. The molecule has 7 heteroatoms. The lowest BCUT2D eigenvalue weighted by Crippen LogP contribution is -2.25. The van der Waals surface area contributed by atoms with Crippen molar-refractivity contribution in [2.24, 2.45) is 0 Å². The molecule has 0 radical (unpaired) electrons. The van der Waals surface area contributed by atoms with Crippen LogP contribution in [-0.4, -0.2) is 21.3 Å². The second kappa shape index (κ2) is 3.70. The number of anilines is 2. The summed E-state index contributed by atoms with van der Waals surface area (Å²) in [5.41, 5.74) is 7.75. The Balaban J connectivity index is 2.06. The van der Waals surface area contributed by atoms with Crippen LogP contribution in [0, 0.1) is 0 Å². The third-order valence-corrected chi connectivity index (χ3v) is 2.94. The second-order valence-electron chi connectivity index (χ2n) is 3.55. The summed E-state index contributed by atoms with van der Waals surface area (Å²) in [6.45, 7) is 0.0484. The first-order valence-electron chi connectivity index (χ1n) is 4.89. The van der Waals surface area contributed by atoms with E-state index in [4.69, 9.17) is 10.5 Å². The van der Waals surface area contributed by atoms with Gasteiger partial charge in [-0.1, -0.05) is 0 Å². The number of benzene rings is 1. The monoisotopic (exact) mass is 248 g/mol. The molecule has 0 unspecified atom stereocenters. The first-order chi connectivity index (χ1) is 8.24. The third-order valence-electron chi connectivity index (χ3n) is 2.40. The van der Waals surface area contributed by atoms with Crippen molar-refractivity contribution in [1.82, 2.24) is 8.75 Å². The molecule has 1 aromatic heterocycles. The van der Waals surface area contributed by atoms with Crippen molar-refractivity contribution in [3.05, 3.63) is 18.2 Å². The molecule has 0 saturated heterocycles. The SMILES string of the molecule is Nc1nsnc1-c1ccc2c(c1)NC(=O)CO2. The van der Waals surface area contributed by atoms with Crippen LogP contribution in [0.25, 0.3) is 11.3 Å². The zero-order valence-corrected chi connectivity index (χ0v) is 9.45. The highest BCUT2D eigenvalue weighted by atomic mass is 32.1. The molecule has 1 aliphatic rings. The molecule has 0 atom stereocenters. The average Bonchev–Trinajstić information content (AvgIpc) is 2.74. The standard InChI is InChI=1S/C10H8N4O2S/c11-10-9(13-17-14-10)5-1-2-7-6(3-5)12-8(15)4-16-7/h1-3H,4H2,(H2,11,14)(H,12,15). The molecule has 3 N–H and O–H groups in total. The highest BCUT2D eigenvalue weighted by Crippen LogP contribution is 2.33. The molecule has 17 heavy (non-hydrogen) atoms. The summed E-state index contributed by atoms with van der Waals surface area (Å²) in [7, 11) is 0. The van der Waals surface area contributed by atoms with Crippen molar-refractivity contribution in [1.29, 1.82) is 0 Å². The van der Waals surface area contributed by atoms with Crippen LogP contribution in [0.3, 0.4) is 0 Å². The van der Waals surface area contributed by atoms with Gasteiger partial charge in [0.25, 0.3) is 5.91 Å². The van der Waals surface area contributed by atoms with E-state index < -0.39 is 0 Å². The Hall–Kier alpha value is -2.15. The number of carbonyl (C=O) groups excluding carboxylic acids is 1. The van der Waals surface area contributed by atoms with Crippen LogP contribution in [0.5, 0.6) is 5.75 Å². The largest absolute Gasteiger partial charge is 0.482 e. The predicted octanol–water partition coefficient (Wildman–Crippen LogP) is 1.12. The van der Waals surface area contributed by atoms with E-state index >= 15 is 0 Å². The van der Waals surface area contributed by atoms with Gasteiger partial charge in [0.1, 0.15) is 11.4 Å². The van der Waals surface area contributed by atoms with Gasteiger partial charge in [-0.2, -0.15) is 8.75 Å². The highest BCUT2D eigenvalue weighted by Gasteiger charge is 2.17. The van der Waals surface area contributed by atoms with E-state index in [0.29, 0.717) is 22.9 Å². The summed E-state index contributed by atoms with van der Waals surface area (Å²) in [4.78, 5) is 11.2. The molecule has 1 aliphatic heterocycles. The summed E-state index contributed by atoms with van der Waals surface area (Å²) in [5.74, 6) is 0.868. The zero-order valence-electron chi connectivity index (χ0n) is 8.64. The molecule has 86 valence electrons. The molecule has 0 aliphatic carbocycles. The van der Waals surface area contributed by atoms with Gasteiger partial charge in [-0.15, -0.1) is 0 Å². The number of ether oxygens (including phenoxy) is 1. The summed E-state index contributed by atoms with van der Waals surface area (Å²) in [6, 6.07) is 5.39. The fourth-order valence-corrected chi connectivity index (χ4v) is 2.12. The number of carbonyl (C=O) groups is 1. The van der Waals surface area contributed by atoms with Crippen LogP contribution in [0.15, 0.2) is 18.2 Å². The topological polar surface area (TPSA) is 90.1 Å². The van der Waals surface area contributed by atoms with E-state index in [2.05, 4.69) is 14.1 Å². The summed E-state index contributed by atoms with van der Waals surface area (Å²) in [5, 5.41) is 2.73. The van der Waals surface area contributed by atoms with E-state index in [1.807, 2.05) is 6.07 Å². The molecule has 0 fully saturated rings. The van der Waals surface area contributed by atoms with Crippen molar-refractivity contribution in [3.8, 4) is 17.0 Å². The lowest BCUT2D eigenvalue weighted by atomic mass is 10.1. The van der Waals surface area contributed by atoms with E-state index in [1.165, 1.54) is 0 Å². The van der Waals surface area contributed by atoms with E-state index in [1.54, 1.807) is 12.1 Å². The Labute approximate surface area is 101 Å². The predicted molar refractivity (Wildman–Crippen MR) is 63.9 cm³/mol. The number of fused-ring (bicyclic) bond motifs is 1. The summed E-state index contributed by atoms with van der Waals surface area (Å²) < 4.78 is 13.3. The maximum Gasteiger partial charge on any atom is 0.262 e. The fraction of sp³-hybridized carbons (Fsp3) is 0.100. The molecule has 3 rings (SSSR count). The number of rotatable bonds is 1. The lowest BCUT2D eigenvalue weighted by molar-refractivity contribution is -0.118. The van der Waals surface area contributed by atoms with Gasteiger partial charge in [0.05, 0.1) is 17.4 Å². The molecular weight excluding hydrogens is 240 g/mol. The molecule has 2 heterocycles. The Kier molecular flexibility index (Phi) is 2.19. The van der Waals surface area contributed by atoms with Crippen molar-refractivity contribution >= 4 is 29.1 Å². The Morgan fingerprint density at radius 3 is 3.06 bits per heavy atom. The average molecular weight is 248 g/mol. The van der Waals surface area contributed by atoms with Gasteiger partial charge in [-0.05, 0) is 18.2 Å². The number of nitrogens with two attached hydrogens (primary N) is 1. The highest BCUT2D eigenvalue weighted by molar-refractivity contribution is 6.99. The molecular formula is C10H8N4O2S. The Morgan fingerprint density at radius 1 is 1.41 bits per heavy atom. The number of hydrogen-bond donors (Lipinski definition) is 2. The number of nitrogens with zero attached hydrogens (tertiary/aromatic N) is 2. The molecule has 6 nitrogen and oxygen atoms in total. The van der Waals surface area contributed by atoms with Gasteiger partial charge in [-0.25, -0.2) is 0 Å². The van der Waals surface area contributed by atoms with Crippen LogP contribution < -0.4 is 15.8 Å². The Bertz CT molecular complexity index is 596. The van der Waals surface area contributed by atoms with Crippen LogP contribution >= 0.6 is 11.7 Å². The second-order valence-corrected chi connectivity index (χ2v) is 4.07. The van der Waals surface area contributed by atoms with E-state index in [0.717, 1.165) is 17.3 Å². The third kappa shape index (κ3) is 1.70. The smallest absolute Gasteiger partial charge is 0.262 e. The number of amides is 1. The normalized spacial score (nSPS) is 13.8. The maximum atomic E-state index is 11.2. The van der Waals surface area contributed by atoms with Gasteiger partial charge >= 0.3 is 0 Å². The minimum atomic E-state index is -0.168. The minimum Gasteiger partial charge on any atom is -0.482 e. The van der Waals surface area contributed by atoms with Crippen molar-refractivity contribution < 1.29 is 9.53 Å². The maximum absolute atomic E-state index is 11.2. The number of aromatic nitrogens is 2.